The lowest BCUT2D eigenvalue weighted by atomic mass is 9.33. The smallest absolute Gasteiger partial charge is 0.252 e. The van der Waals surface area contributed by atoms with E-state index < -0.39 is 0 Å². The van der Waals surface area contributed by atoms with Crippen LogP contribution >= 0.6 is 0 Å². The molecule has 0 saturated heterocycles. The van der Waals surface area contributed by atoms with Gasteiger partial charge in [0.2, 0.25) is 0 Å². The molecule has 0 radical (unpaired) electrons. The lowest BCUT2D eigenvalue weighted by Gasteiger charge is -2.45. The molecule has 7 aliphatic rings. The van der Waals surface area contributed by atoms with Crippen molar-refractivity contribution >= 4 is 57.2 Å². The van der Waals surface area contributed by atoms with E-state index in [-0.39, 0.29) is 17.5 Å². The normalized spacial score (nSPS) is 26.5. The fourth-order valence-corrected chi connectivity index (χ4v) is 14.3. The molecule has 0 aromatic heterocycles. The molecule has 5 saturated carbocycles. The number of hydrogen-bond donors (Lipinski definition) is 0. The van der Waals surface area contributed by atoms with E-state index in [0.717, 1.165) is 29.6 Å². The van der Waals surface area contributed by atoms with E-state index in [1.54, 1.807) is 11.1 Å². The van der Waals surface area contributed by atoms with Crippen LogP contribution in [0.25, 0.3) is 0 Å². The van der Waals surface area contributed by atoms with Gasteiger partial charge < -0.3 is 9.80 Å². The van der Waals surface area contributed by atoms with Crippen molar-refractivity contribution in [1.29, 1.82) is 0 Å². The molecule has 4 bridgehead atoms. The summed E-state index contributed by atoms with van der Waals surface area (Å²) in [5, 5.41) is 0. The second-order valence-corrected chi connectivity index (χ2v) is 23.2. The standard InChI is InChI=1S/C58H67BN2/c1-57(2,3)44-19-24-47(25-20-44)61-53-27-21-45(58(4,5)6)35-51(53)59-50-32-42(49-31-37-13-15-41(49)29-37)18-26-52(50)60(46-22-16-39(17-23-46)48-30-36-12-14-40(48)28-36)54-33-43(34-55(61)56(54)59)38-10-8-7-9-11-38/h16-27,32-38,40-41,48-49H,7-15,28-31H2,1-6H3. The second-order valence-electron chi connectivity index (χ2n) is 23.2. The number of anilines is 6. The molecule has 5 aliphatic carbocycles. The van der Waals surface area contributed by atoms with Crippen LogP contribution in [0, 0.1) is 23.7 Å². The van der Waals surface area contributed by atoms with E-state index in [2.05, 4.69) is 148 Å². The molecular formula is C58H67BN2. The lowest BCUT2D eigenvalue weighted by molar-refractivity contribution is 0.420. The summed E-state index contributed by atoms with van der Waals surface area (Å²) in [6, 6.07) is 40.4. The molecule has 0 amide bonds. The Balaban J connectivity index is 1.11. The lowest BCUT2D eigenvalue weighted by Crippen LogP contribution is -2.61. The number of benzene rings is 5. The first-order valence-corrected chi connectivity index (χ1v) is 24.7. The van der Waals surface area contributed by atoms with Gasteiger partial charge in [0.15, 0.2) is 0 Å². The zero-order chi connectivity index (χ0) is 41.4. The van der Waals surface area contributed by atoms with E-state index in [4.69, 9.17) is 0 Å². The molecule has 61 heavy (non-hydrogen) atoms. The quantitative estimate of drug-likeness (QED) is 0.160. The van der Waals surface area contributed by atoms with Gasteiger partial charge in [-0.25, -0.2) is 0 Å². The molecular weight excluding hydrogens is 735 g/mol. The Hall–Kier alpha value is -4.24. The van der Waals surface area contributed by atoms with Crippen LogP contribution in [0.4, 0.5) is 34.1 Å². The Kier molecular flexibility index (Phi) is 8.91. The Morgan fingerprint density at radius 3 is 1.49 bits per heavy atom. The minimum absolute atomic E-state index is 0.0389. The highest BCUT2D eigenvalue weighted by Crippen LogP contribution is 2.55. The van der Waals surface area contributed by atoms with Crippen LogP contribution in [-0.4, -0.2) is 6.71 Å². The van der Waals surface area contributed by atoms with Gasteiger partial charge in [-0.1, -0.05) is 122 Å². The number of nitrogens with zero attached hydrogens (tertiary/aromatic N) is 2. The van der Waals surface area contributed by atoms with Gasteiger partial charge in [0.1, 0.15) is 0 Å². The highest BCUT2D eigenvalue weighted by molar-refractivity contribution is 7.00. The van der Waals surface area contributed by atoms with E-state index >= 15 is 0 Å². The Bertz CT molecular complexity index is 2490. The van der Waals surface area contributed by atoms with Crippen LogP contribution in [0.1, 0.15) is 171 Å². The summed E-state index contributed by atoms with van der Waals surface area (Å²) in [4.78, 5) is 5.41. The van der Waals surface area contributed by atoms with Crippen molar-refractivity contribution < 1.29 is 0 Å². The molecule has 12 rings (SSSR count). The molecule has 2 aliphatic heterocycles. The van der Waals surface area contributed by atoms with E-state index in [0.29, 0.717) is 11.8 Å². The van der Waals surface area contributed by atoms with Crippen LogP contribution in [0.15, 0.2) is 97.1 Å². The zero-order valence-electron chi connectivity index (χ0n) is 37.9. The summed E-state index contributed by atoms with van der Waals surface area (Å²) in [6.45, 7) is 14.3. The third kappa shape index (κ3) is 6.32. The number of rotatable bonds is 5. The van der Waals surface area contributed by atoms with E-state index in [1.165, 1.54) is 151 Å². The van der Waals surface area contributed by atoms with Gasteiger partial charge in [0.25, 0.3) is 6.71 Å². The summed E-state index contributed by atoms with van der Waals surface area (Å²) < 4.78 is 0. The summed E-state index contributed by atoms with van der Waals surface area (Å²) in [6.07, 6.45) is 18.0. The Morgan fingerprint density at radius 1 is 0.443 bits per heavy atom. The van der Waals surface area contributed by atoms with Gasteiger partial charge >= 0.3 is 0 Å². The van der Waals surface area contributed by atoms with Crippen LogP contribution in [-0.2, 0) is 10.8 Å². The van der Waals surface area contributed by atoms with Crippen molar-refractivity contribution in [1.82, 2.24) is 0 Å². The topological polar surface area (TPSA) is 6.48 Å². The summed E-state index contributed by atoms with van der Waals surface area (Å²) in [7, 11) is 0. The van der Waals surface area contributed by atoms with Gasteiger partial charge in [-0.2, -0.15) is 0 Å². The van der Waals surface area contributed by atoms with Crippen molar-refractivity contribution in [3.05, 3.63) is 125 Å². The minimum Gasteiger partial charge on any atom is -0.311 e. The minimum atomic E-state index is 0.0389. The molecule has 6 unspecified atom stereocenters. The summed E-state index contributed by atoms with van der Waals surface area (Å²) >= 11 is 0. The maximum atomic E-state index is 2.73. The largest absolute Gasteiger partial charge is 0.311 e. The maximum Gasteiger partial charge on any atom is 0.252 e. The van der Waals surface area contributed by atoms with Crippen LogP contribution in [0.5, 0.6) is 0 Å². The molecule has 5 fully saturated rings. The van der Waals surface area contributed by atoms with Crippen LogP contribution in [0.2, 0.25) is 0 Å². The average Bonchev–Trinajstić information content (AvgIpc) is 4.10. The number of hydrogen-bond acceptors (Lipinski definition) is 2. The van der Waals surface area contributed by atoms with E-state index in [9.17, 15) is 0 Å². The van der Waals surface area contributed by atoms with Gasteiger partial charge in [-0.05, 0) is 196 Å². The molecule has 312 valence electrons. The van der Waals surface area contributed by atoms with Gasteiger partial charge in [0, 0.05) is 34.1 Å². The van der Waals surface area contributed by atoms with Gasteiger partial charge in [0.05, 0.1) is 0 Å². The van der Waals surface area contributed by atoms with Crippen molar-refractivity contribution in [3.63, 3.8) is 0 Å². The third-order valence-corrected chi connectivity index (χ3v) is 17.5. The molecule has 0 N–H and O–H groups in total. The molecule has 2 nitrogen and oxygen atoms in total. The highest BCUT2D eigenvalue weighted by Gasteiger charge is 2.47. The van der Waals surface area contributed by atoms with Gasteiger partial charge in [-0.15, -0.1) is 0 Å². The fraction of sp³-hybridized carbons (Fsp3) is 0.483. The Labute approximate surface area is 367 Å². The monoisotopic (exact) mass is 803 g/mol. The first-order valence-electron chi connectivity index (χ1n) is 24.7. The van der Waals surface area contributed by atoms with E-state index in [1.807, 2.05) is 0 Å². The predicted octanol–water partition coefficient (Wildman–Crippen LogP) is 14.2. The summed E-state index contributed by atoms with van der Waals surface area (Å²) in [5.74, 6) is 5.63. The zero-order valence-corrected chi connectivity index (χ0v) is 37.9. The molecule has 5 aromatic rings. The average molecular weight is 803 g/mol. The van der Waals surface area contributed by atoms with Crippen molar-refractivity contribution in [2.45, 2.75) is 154 Å². The van der Waals surface area contributed by atoms with Crippen molar-refractivity contribution in [3.8, 4) is 0 Å². The van der Waals surface area contributed by atoms with Crippen molar-refractivity contribution in [2.24, 2.45) is 23.7 Å². The maximum absolute atomic E-state index is 2.73. The SMILES string of the molecule is CC(C)(C)c1ccc(N2c3ccc(C(C)(C)C)cc3B3c4cc(C5CC6CCC5C6)ccc4N(c4ccc(C5CC6CCC5C6)cc4)c4cc(C5CCCCC5)cc2c43)cc1. The molecule has 3 heteroatoms. The van der Waals surface area contributed by atoms with Gasteiger partial charge in [-0.3, -0.25) is 0 Å². The van der Waals surface area contributed by atoms with Crippen LogP contribution in [0.3, 0.4) is 0 Å². The fourth-order valence-electron chi connectivity index (χ4n) is 14.3. The predicted molar refractivity (Wildman–Crippen MR) is 260 cm³/mol. The molecule has 6 atom stereocenters. The first-order chi connectivity index (χ1) is 29.5. The second kappa shape index (κ2) is 14.1. The first kappa shape index (κ1) is 38.4. The molecule has 5 aromatic carbocycles. The molecule has 2 heterocycles. The van der Waals surface area contributed by atoms with Crippen molar-refractivity contribution in [2.75, 3.05) is 9.80 Å². The van der Waals surface area contributed by atoms with Crippen LogP contribution < -0.4 is 26.2 Å². The third-order valence-electron chi connectivity index (χ3n) is 17.5. The number of fused-ring (bicyclic) bond motifs is 8. The summed E-state index contributed by atoms with van der Waals surface area (Å²) in [5.41, 5.74) is 20.2. The highest BCUT2D eigenvalue weighted by atomic mass is 15.2. The molecule has 0 spiro atoms. The Morgan fingerprint density at radius 2 is 0.951 bits per heavy atom.